The third-order valence-corrected chi connectivity index (χ3v) is 1.97. The van der Waals surface area contributed by atoms with Gasteiger partial charge in [0.05, 0.1) is 11.3 Å². The quantitative estimate of drug-likeness (QED) is 0.771. The van der Waals surface area contributed by atoms with E-state index < -0.39 is 11.7 Å². The molecule has 0 unspecified atom stereocenters. The summed E-state index contributed by atoms with van der Waals surface area (Å²) in [5.41, 5.74) is -0.288. The lowest BCUT2D eigenvalue weighted by atomic mass is 10.0. The second kappa shape index (κ2) is 3.42. The van der Waals surface area contributed by atoms with E-state index in [1.807, 2.05) is 0 Å². The topological polar surface area (TPSA) is 28.7 Å². The highest BCUT2D eigenvalue weighted by atomic mass is 19.4. The molecule has 1 radical (unpaired) electrons. The van der Waals surface area contributed by atoms with Gasteiger partial charge in [0, 0.05) is 5.56 Å². The van der Waals surface area contributed by atoms with Crippen LogP contribution >= 0.6 is 0 Å². The molecule has 0 bridgehead atoms. The van der Waals surface area contributed by atoms with E-state index in [-0.39, 0.29) is 5.56 Å². The van der Waals surface area contributed by atoms with Gasteiger partial charge in [-0.25, -0.2) is 0 Å². The molecule has 1 heterocycles. The highest BCUT2D eigenvalue weighted by Crippen LogP contribution is 2.35. The van der Waals surface area contributed by atoms with E-state index in [1.165, 1.54) is 18.2 Å². The Kier molecular flexibility index (Phi) is 2.22. The van der Waals surface area contributed by atoms with E-state index in [0.29, 0.717) is 5.69 Å². The first-order valence-electron chi connectivity index (χ1n) is 4.17. The van der Waals surface area contributed by atoms with Crippen LogP contribution in [0.2, 0.25) is 0 Å². The Morgan fingerprint density at radius 1 is 1.20 bits per heavy atom. The number of aromatic nitrogens is 2. The van der Waals surface area contributed by atoms with Gasteiger partial charge in [-0.2, -0.15) is 18.3 Å². The Balaban J connectivity index is 2.58. The van der Waals surface area contributed by atoms with Gasteiger partial charge in [0.25, 0.3) is 0 Å². The summed E-state index contributed by atoms with van der Waals surface area (Å²) in [6.45, 7) is 0. The minimum atomic E-state index is -4.36. The zero-order valence-electron chi connectivity index (χ0n) is 7.47. The van der Waals surface area contributed by atoms with Crippen LogP contribution in [0.3, 0.4) is 0 Å². The lowest BCUT2D eigenvalue weighted by molar-refractivity contribution is -0.137. The third-order valence-electron chi connectivity index (χ3n) is 1.97. The van der Waals surface area contributed by atoms with Crippen LogP contribution in [0.4, 0.5) is 13.2 Å². The monoisotopic (exact) mass is 211 g/mol. The summed E-state index contributed by atoms with van der Waals surface area (Å²) in [6, 6.07) is 6.71. The first-order valence-corrected chi connectivity index (χ1v) is 4.17. The van der Waals surface area contributed by atoms with E-state index in [2.05, 4.69) is 16.4 Å². The molecule has 77 valence electrons. The maximum absolute atomic E-state index is 12.6. The lowest BCUT2D eigenvalue weighted by Crippen LogP contribution is -2.06. The Morgan fingerprint density at radius 3 is 2.53 bits per heavy atom. The van der Waals surface area contributed by atoms with Crippen molar-refractivity contribution in [2.24, 2.45) is 0 Å². The molecule has 1 aromatic heterocycles. The van der Waals surface area contributed by atoms with Gasteiger partial charge in [0.2, 0.25) is 0 Å². The van der Waals surface area contributed by atoms with Crippen LogP contribution in [-0.4, -0.2) is 10.2 Å². The number of nitrogens with one attached hydrogen (secondary N) is 1. The van der Waals surface area contributed by atoms with Crippen LogP contribution in [0.1, 0.15) is 5.56 Å². The third kappa shape index (κ3) is 1.86. The number of aromatic amines is 1. The predicted molar refractivity (Wildman–Crippen MR) is 47.9 cm³/mol. The second-order valence-electron chi connectivity index (χ2n) is 2.95. The minimum Gasteiger partial charge on any atom is -0.277 e. The van der Waals surface area contributed by atoms with Crippen LogP contribution in [0.15, 0.2) is 30.3 Å². The van der Waals surface area contributed by atoms with Crippen LogP contribution in [0, 0.1) is 6.20 Å². The first-order chi connectivity index (χ1) is 7.09. The van der Waals surface area contributed by atoms with Crippen molar-refractivity contribution in [2.45, 2.75) is 6.18 Å². The largest absolute Gasteiger partial charge is 0.417 e. The van der Waals surface area contributed by atoms with Crippen molar-refractivity contribution in [1.29, 1.82) is 0 Å². The molecule has 0 saturated carbocycles. The van der Waals surface area contributed by atoms with Crippen molar-refractivity contribution in [2.75, 3.05) is 0 Å². The number of rotatable bonds is 1. The fourth-order valence-corrected chi connectivity index (χ4v) is 1.32. The average Bonchev–Trinajstić information content (AvgIpc) is 2.69. The minimum absolute atomic E-state index is 0.0822. The average molecular weight is 211 g/mol. The van der Waals surface area contributed by atoms with Gasteiger partial charge in [-0.15, -0.1) is 0 Å². The standard InChI is InChI=1S/C10H6F3N2/c11-10(12,13)8-4-2-1-3-7(8)9-5-6-14-15-9/h1-5H,(H,14,15). The van der Waals surface area contributed by atoms with Crippen molar-refractivity contribution >= 4 is 0 Å². The lowest BCUT2D eigenvalue weighted by Gasteiger charge is -2.10. The van der Waals surface area contributed by atoms with Gasteiger partial charge in [-0.05, 0) is 12.1 Å². The van der Waals surface area contributed by atoms with Crippen molar-refractivity contribution in [3.05, 3.63) is 42.1 Å². The summed E-state index contributed by atoms with van der Waals surface area (Å²) < 4.78 is 37.8. The molecule has 0 spiro atoms. The van der Waals surface area contributed by atoms with Gasteiger partial charge in [0.1, 0.15) is 6.20 Å². The van der Waals surface area contributed by atoms with Crippen LogP contribution in [0.25, 0.3) is 11.3 Å². The molecule has 0 aliphatic heterocycles. The molecule has 0 amide bonds. The summed E-state index contributed by atoms with van der Waals surface area (Å²) in [5, 5.41) is 5.96. The summed E-state index contributed by atoms with van der Waals surface area (Å²) in [6.07, 6.45) is -1.93. The number of benzene rings is 1. The number of H-pyrrole nitrogens is 1. The molecule has 0 saturated heterocycles. The normalized spacial score (nSPS) is 11.7. The molecule has 15 heavy (non-hydrogen) atoms. The van der Waals surface area contributed by atoms with Crippen molar-refractivity contribution in [1.82, 2.24) is 10.2 Å². The van der Waals surface area contributed by atoms with Crippen LogP contribution in [0.5, 0.6) is 0 Å². The zero-order chi connectivity index (χ0) is 10.9. The second-order valence-corrected chi connectivity index (χ2v) is 2.95. The molecule has 0 aliphatic rings. The molecule has 1 N–H and O–H groups in total. The van der Waals surface area contributed by atoms with Gasteiger partial charge < -0.3 is 0 Å². The van der Waals surface area contributed by atoms with Gasteiger partial charge in [0.15, 0.2) is 0 Å². The highest BCUT2D eigenvalue weighted by molar-refractivity contribution is 5.63. The van der Waals surface area contributed by atoms with Crippen molar-refractivity contribution in [3.63, 3.8) is 0 Å². The number of hydrogen-bond donors (Lipinski definition) is 1. The number of halogens is 3. The van der Waals surface area contributed by atoms with Crippen LogP contribution < -0.4 is 0 Å². The summed E-state index contributed by atoms with van der Waals surface area (Å²) in [4.78, 5) is 0. The molecule has 0 fully saturated rings. The molecular weight excluding hydrogens is 205 g/mol. The zero-order valence-corrected chi connectivity index (χ0v) is 7.47. The molecular formula is C10H6F3N2. The smallest absolute Gasteiger partial charge is 0.277 e. The number of alkyl halides is 3. The van der Waals surface area contributed by atoms with Crippen molar-refractivity contribution < 1.29 is 13.2 Å². The van der Waals surface area contributed by atoms with E-state index in [4.69, 9.17) is 0 Å². The Labute approximate surface area is 83.7 Å². The molecule has 0 aliphatic carbocycles. The molecule has 2 aromatic rings. The van der Waals surface area contributed by atoms with Gasteiger partial charge >= 0.3 is 6.18 Å². The Hall–Kier alpha value is -1.78. The van der Waals surface area contributed by atoms with E-state index >= 15 is 0 Å². The maximum atomic E-state index is 12.6. The van der Waals surface area contributed by atoms with Gasteiger partial charge in [-0.1, -0.05) is 18.2 Å². The van der Waals surface area contributed by atoms with Crippen LogP contribution in [-0.2, 0) is 6.18 Å². The molecule has 5 heteroatoms. The summed E-state index contributed by atoms with van der Waals surface area (Å²) >= 11 is 0. The number of hydrogen-bond acceptors (Lipinski definition) is 1. The fraction of sp³-hybridized carbons (Fsp3) is 0.100. The summed E-state index contributed by atoms with van der Waals surface area (Å²) in [5.74, 6) is 0. The summed E-state index contributed by atoms with van der Waals surface area (Å²) in [7, 11) is 0. The predicted octanol–water partition coefficient (Wildman–Crippen LogP) is 2.90. The SMILES string of the molecule is FC(F)(F)c1ccccc1-c1c[c]n[nH]1. The fourth-order valence-electron chi connectivity index (χ4n) is 1.32. The van der Waals surface area contributed by atoms with E-state index in [9.17, 15) is 13.2 Å². The highest BCUT2D eigenvalue weighted by Gasteiger charge is 2.33. The molecule has 1 aromatic carbocycles. The maximum Gasteiger partial charge on any atom is 0.417 e. The Morgan fingerprint density at radius 2 is 1.93 bits per heavy atom. The first kappa shape index (κ1) is 9.76. The Bertz CT molecular complexity index is 446. The van der Waals surface area contributed by atoms with Gasteiger partial charge in [-0.3, -0.25) is 5.10 Å². The molecule has 2 rings (SSSR count). The molecule has 0 atom stereocenters. The van der Waals surface area contributed by atoms with E-state index in [0.717, 1.165) is 6.07 Å². The molecule has 2 nitrogen and oxygen atoms in total. The number of nitrogens with zero attached hydrogens (tertiary/aromatic N) is 1. The van der Waals surface area contributed by atoms with Crippen molar-refractivity contribution in [3.8, 4) is 11.3 Å². The van der Waals surface area contributed by atoms with E-state index in [1.54, 1.807) is 6.07 Å².